The maximum atomic E-state index is 11.6. The van der Waals surface area contributed by atoms with E-state index < -0.39 is 0 Å². The topological polar surface area (TPSA) is 89.0 Å². The number of aryl methyl sites for hydroxylation is 2. The molecule has 0 aliphatic heterocycles. The molecule has 7 nitrogen and oxygen atoms in total. The third-order valence-electron chi connectivity index (χ3n) is 3.47. The van der Waals surface area contributed by atoms with Gasteiger partial charge in [-0.05, 0) is 38.1 Å². The highest BCUT2D eigenvalue weighted by atomic mass is 32.1. The molecule has 3 rings (SSSR count). The van der Waals surface area contributed by atoms with Crippen molar-refractivity contribution < 1.29 is 9.53 Å². The van der Waals surface area contributed by atoms with Gasteiger partial charge in [-0.2, -0.15) is 0 Å². The van der Waals surface area contributed by atoms with Crippen molar-refractivity contribution in [3.05, 3.63) is 47.2 Å². The Labute approximate surface area is 155 Å². The van der Waals surface area contributed by atoms with Gasteiger partial charge in [0.1, 0.15) is 6.61 Å². The van der Waals surface area contributed by atoms with Gasteiger partial charge in [0.15, 0.2) is 0 Å². The number of nitrogens with zero attached hydrogens (tertiary/aromatic N) is 3. The third-order valence-corrected chi connectivity index (χ3v) is 4.57. The van der Waals surface area contributed by atoms with E-state index in [1.54, 1.807) is 23.6 Å². The zero-order valence-corrected chi connectivity index (χ0v) is 15.6. The summed E-state index contributed by atoms with van der Waals surface area (Å²) >= 11 is 1.61. The minimum absolute atomic E-state index is 0.0103. The molecule has 0 saturated heterocycles. The van der Waals surface area contributed by atoms with E-state index in [2.05, 4.69) is 25.6 Å². The molecule has 0 radical (unpaired) electrons. The molecule has 26 heavy (non-hydrogen) atoms. The summed E-state index contributed by atoms with van der Waals surface area (Å²) in [5.41, 5.74) is 3.23. The van der Waals surface area contributed by atoms with Crippen LogP contribution in [-0.2, 0) is 9.53 Å². The molecule has 2 heterocycles. The second-order valence-corrected chi connectivity index (χ2v) is 6.80. The first kappa shape index (κ1) is 18.0. The van der Waals surface area contributed by atoms with Crippen LogP contribution in [0.15, 0.2) is 36.5 Å². The largest absolute Gasteiger partial charge is 0.375 e. The molecule has 134 valence electrons. The highest BCUT2D eigenvalue weighted by Crippen LogP contribution is 2.29. The summed E-state index contributed by atoms with van der Waals surface area (Å²) in [5, 5.41) is 6.94. The molecule has 2 N–H and O–H groups in total. The van der Waals surface area contributed by atoms with Crippen LogP contribution in [0.5, 0.6) is 0 Å². The number of ether oxygens (including phenoxy) is 1. The number of nitrogens with one attached hydrogen (secondary N) is 2. The van der Waals surface area contributed by atoms with Gasteiger partial charge in [-0.15, -0.1) is 11.3 Å². The van der Waals surface area contributed by atoms with Crippen molar-refractivity contribution in [3.63, 3.8) is 0 Å². The monoisotopic (exact) mass is 369 g/mol. The number of rotatable bonds is 6. The maximum Gasteiger partial charge on any atom is 0.250 e. The Hall–Kier alpha value is -2.84. The van der Waals surface area contributed by atoms with Crippen molar-refractivity contribution in [1.29, 1.82) is 0 Å². The second kappa shape index (κ2) is 8.03. The summed E-state index contributed by atoms with van der Waals surface area (Å²) in [7, 11) is 1.48. The Bertz CT molecular complexity index is 925. The predicted molar refractivity (Wildman–Crippen MR) is 103 cm³/mol. The van der Waals surface area contributed by atoms with Crippen LogP contribution in [0.25, 0.3) is 10.6 Å². The summed E-state index contributed by atoms with van der Waals surface area (Å²) in [6, 6.07) is 9.20. The number of carbonyl (C=O) groups is 1. The van der Waals surface area contributed by atoms with Crippen molar-refractivity contribution >= 4 is 34.6 Å². The molecular weight excluding hydrogens is 350 g/mol. The molecule has 0 unspecified atom stereocenters. The molecule has 0 atom stereocenters. The standard InChI is InChI=1S/C18H19N5O2S/c1-11-17(26-12(2)20-11)15-7-8-19-18(23-15)22-14-6-4-5-13(9-14)21-16(24)10-25-3/h4-9H,10H2,1-3H3,(H,21,24)(H,19,22,23). The van der Waals surface area contributed by atoms with E-state index in [-0.39, 0.29) is 12.5 Å². The summed E-state index contributed by atoms with van der Waals surface area (Å²) in [6.07, 6.45) is 1.71. The molecule has 8 heteroatoms. The van der Waals surface area contributed by atoms with Crippen molar-refractivity contribution in [1.82, 2.24) is 15.0 Å². The smallest absolute Gasteiger partial charge is 0.250 e. The number of hydrogen-bond acceptors (Lipinski definition) is 7. The fourth-order valence-corrected chi connectivity index (χ4v) is 3.34. The number of amides is 1. The number of hydrogen-bond donors (Lipinski definition) is 2. The van der Waals surface area contributed by atoms with Gasteiger partial charge < -0.3 is 15.4 Å². The van der Waals surface area contributed by atoms with Crippen molar-refractivity contribution in [2.24, 2.45) is 0 Å². The SMILES string of the molecule is COCC(=O)Nc1cccc(Nc2nccc(-c3sc(C)nc3C)n2)c1. The van der Waals surface area contributed by atoms with Crippen LogP contribution < -0.4 is 10.6 Å². The molecule has 0 saturated carbocycles. The van der Waals surface area contributed by atoms with E-state index in [4.69, 9.17) is 4.74 Å². The van der Waals surface area contributed by atoms with Crippen LogP contribution in [0.1, 0.15) is 10.7 Å². The Balaban J connectivity index is 1.78. The van der Waals surface area contributed by atoms with E-state index in [0.717, 1.165) is 27.0 Å². The lowest BCUT2D eigenvalue weighted by atomic mass is 10.2. The van der Waals surface area contributed by atoms with Gasteiger partial charge in [0.2, 0.25) is 11.9 Å². The summed E-state index contributed by atoms with van der Waals surface area (Å²) in [5.74, 6) is 0.271. The highest BCUT2D eigenvalue weighted by Gasteiger charge is 2.10. The van der Waals surface area contributed by atoms with Gasteiger partial charge in [-0.25, -0.2) is 15.0 Å². The molecule has 1 aromatic carbocycles. The van der Waals surface area contributed by atoms with Gasteiger partial charge in [-0.3, -0.25) is 4.79 Å². The molecule has 2 aromatic heterocycles. The average Bonchev–Trinajstić information content (AvgIpc) is 2.94. The number of methoxy groups -OCH3 is 1. The number of anilines is 3. The quantitative estimate of drug-likeness (QED) is 0.691. The van der Waals surface area contributed by atoms with E-state index >= 15 is 0 Å². The zero-order valence-electron chi connectivity index (χ0n) is 14.7. The zero-order chi connectivity index (χ0) is 18.5. The number of carbonyl (C=O) groups excluding carboxylic acids is 1. The number of thiazole rings is 1. The van der Waals surface area contributed by atoms with Gasteiger partial charge in [-0.1, -0.05) is 6.07 Å². The highest BCUT2D eigenvalue weighted by molar-refractivity contribution is 7.15. The van der Waals surface area contributed by atoms with Crippen molar-refractivity contribution in [2.75, 3.05) is 24.4 Å². The van der Waals surface area contributed by atoms with Gasteiger partial charge in [0, 0.05) is 24.7 Å². The van der Waals surface area contributed by atoms with Crippen LogP contribution in [0.2, 0.25) is 0 Å². The minimum atomic E-state index is -0.209. The van der Waals surface area contributed by atoms with Crippen LogP contribution in [0.3, 0.4) is 0 Å². The Morgan fingerprint density at radius 1 is 1.19 bits per heavy atom. The van der Waals surface area contributed by atoms with Gasteiger partial charge in [0.05, 0.1) is 21.3 Å². The minimum Gasteiger partial charge on any atom is -0.375 e. The molecule has 0 spiro atoms. The molecule has 1 amide bonds. The first-order chi connectivity index (χ1) is 12.5. The normalized spacial score (nSPS) is 10.6. The third kappa shape index (κ3) is 4.41. The first-order valence-corrected chi connectivity index (χ1v) is 8.80. The molecule has 0 aliphatic rings. The summed E-state index contributed by atoms with van der Waals surface area (Å²) in [4.78, 5) is 26.0. The molecule has 3 aromatic rings. The maximum absolute atomic E-state index is 11.6. The fourth-order valence-electron chi connectivity index (χ4n) is 2.45. The van der Waals surface area contributed by atoms with E-state index in [0.29, 0.717) is 11.6 Å². The van der Waals surface area contributed by atoms with E-state index in [1.165, 1.54) is 7.11 Å². The van der Waals surface area contributed by atoms with E-state index in [9.17, 15) is 4.79 Å². The Morgan fingerprint density at radius 2 is 2.00 bits per heavy atom. The van der Waals surface area contributed by atoms with E-state index in [1.807, 2.05) is 38.1 Å². The molecule has 0 bridgehead atoms. The van der Waals surface area contributed by atoms with Gasteiger partial charge in [0.25, 0.3) is 0 Å². The Kier molecular flexibility index (Phi) is 5.55. The summed E-state index contributed by atoms with van der Waals surface area (Å²) < 4.78 is 4.82. The lowest BCUT2D eigenvalue weighted by molar-refractivity contribution is -0.119. The average molecular weight is 369 g/mol. The van der Waals surface area contributed by atoms with Gasteiger partial charge >= 0.3 is 0 Å². The van der Waals surface area contributed by atoms with Crippen molar-refractivity contribution in [3.8, 4) is 10.6 Å². The second-order valence-electron chi connectivity index (χ2n) is 5.60. The van der Waals surface area contributed by atoms with Crippen LogP contribution in [0, 0.1) is 13.8 Å². The fraction of sp³-hybridized carbons (Fsp3) is 0.222. The predicted octanol–water partition coefficient (Wildman–Crippen LogP) is 3.55. The molecular formula is C18H19N5O2S. The number of aromatic nitrogens is 3. The lowest BCUT2D eigenvalue weighted by Crippen LogP contribution is -2.17. The molecule has 0 aliphatic carbocycles. The number of benzene rings is 1. The van der Waals surface area contributed by atoms with Crippen LogP contribution >= 0.6 is 11.3 Å². The van der Waals surface area contributed by atoms with Crippen molar-refractivity contribution in [2.45, 2.75) is 13.8 Å². The van der Waals surface area contributed by atoms with Crippen LogP contribution in [-0.4, -0.2) is 34.6 Å². The molecule has 0 fully saturated rings. The lowest BCUT2D eigenvalue weighted by Gasteiger charge is -2.09. The summed E-state index contributed by atoms with van der Waals surface area (Å²) in [6.45, 7) is 3.96. The van der Waals surface area contributed by atoms with Crippen LogP contribution in [0.4, 0.5) is 17.3 Å². The first-order valence-electron chi connectivity index (χ1n) is 7.98. The Morgan fingerprint density at radius 3 is 2.73 bits per heavy atom.